The summed E-state index contributed by atoms with van der Waals surface area (Å²) in [4.78, 5) is 12.2. The molecule has 0 aromatic heterocycles. The lowest BCUT2D eigenvalue weighted by Gasteiger charge is -2.18. The van der Waals surface area contributed by atoms with Crippen molar-refractivity contribution in [2.24, 2.45) is 5.10 Å². The molecule has 0 unspecified atom stereocenters. The summed E-state index contributed by atoms with van der Waals surface area (Å²) in [6.45, 7) is 5.96. The van der Waals surface area contributed by atoms with Gasteiger partial charge in [-0.05, 0) is 74.0 Å². The average molecular weight is 656 g/mol. The number of hydrogen-bond donors (Lipinski definition) is 1. The molecule has 0 aliphatic carbocycles. The summed E-state index contributed by atoms with van der Waals surface area (Å²) in [7, 11) is 1.57. The number of ether oxygens (including phenoxy) is 2. The summed E-state index contributed by atoms with van der Waals surface area (Å²) in [5, 5.41) is 4.01. The lowest BCUT2D eigenvalue weighted by Crippen LogP contribution is -2.25. The Morgan fingerprint density at radius 2 is 1.83 bits per heavy atom. The predicted molar refractivity (Wildman–Crippen MR) is 130 cm³/mol. The number of methoxy groups -OCH3 is 1. The zero-order chi connectivity index (χ0) is 21.7. The van der Waals surface area contributed by atoms with Crippen molar-refractivity contribution in [1.82, 2.24) is 5.43 Å². The third-order valence-corrected chi connectivity index (χ3v) is 6.86. The predicted octanol–water partition coefficient (Wildman–Crippen LogP) is 6.71. The highest BCUT2D eigenvalue weighted by molar-refractivity contribution is 9.11. The van der Waals surface area contributed by atoms with Gasteiger partial charge in [0.05, 0.1) is 22.3 Å². The van der Waals surface area contributed by atoms with Crippen LogP contribution in [0.4, 0.5) is 0 Å². The molecule has 0 aliphatic rings. The van der Waals surface area contributed by atoms with E-state index < -0.39 is 0 Å². The number of amides is 1. The van der Waals surface area contributed by atoms with Crippen LogP contribution in [0.3, 0.4) is 0 Å². The molecule has 0 saturated carbocycles. The van der Waals surface area contributed by atoms with E-state index in [1.165, 1.54) is 6.21 Å². The highest BCUT2D eigenvalue weighted by Gasteiger charge is 2.17. The molecule has 29 heavy (non-hydrogen) atoms. The molecule has 0 spiro atoms. The van der Waals surface area contributed by atoms with Crippen LogP contribution in [-0.2, 0) is 4.79 Å². The third-order valence-electron chi connectivity index (χ3n) is 4.03. The summed E-state index contributed by atoms with van der Waals surface area (Å²) >= 11 is 14.0. The van der Waals surface area contributed by atoms with Gasteiger partial charge in [0.1, 0.15) is 11.5 Å². The van der Waals surface area contributed by atoms with E-state index in [1.54, 1.807) is 7.11 Å². The molecule has 1 amide bonds. The van der Waals surface area contributed by atoms with Gasteiger partial charge in [0.2, 0.25) is 0 Å². The molecule has 2 aromatic rings. The maximum atomic E-state index is 12.2. The average Bonchev–Trinajstić information content (AvgIpc) is 2.64. The topological polar surface area (TPSA) is 59.9 Å². The molecule has 2 aromatic carbocycles. The Bertz CT molecular complexity index is 946. The van der Waals surface area contributed by atoms with Gasteiger partial charge in [0.25, 0.3) is 5.91 Å². The Hall–Kier alpha value is -0.900. The van der Waals surface area contributed by atoms with Crippen LogP contribution < -0.4 is 14.9 Å². The van der Waals surface area contributed by atoms with E-state index in [2.05, 4.69) is 88.1 Å². The van der Waals surface area contributed by atoms with Crippen molar-refractivity contribution in [3.05, 3.63) is 52.8 Å². The number of rotatable bonds is 7. The number of hydrazone groups is 1. The molecule has 9 heteroatoms. The van der Waals surface area contributed by atoms with Gasteiger partial charge < -0.3 is 9.47 Å². The highest BCUT2D eigenvalue weighted by atomic mass is 79.9. The Morgan fingerprint density at radius 1 is 1.14 bits per heavy atom. The Balaban J connectivity index is 2.09. The van der Waals surface area contributed by atoms with Crippen LogP contribution in [0.2, 0.25) is 0 Å². The first-order chi connectivity index (χ1) is 13.6. The van der Waals surface area contributed by atoms with Crippen molar-refractivity contribution in [2.75, 3.05) is 13.7 Å². The van der Waals surface area contributed by atoms with Crippen LogP contribution in [0.5, 0.6) is 11.5 Å². The van der Waals surface area contributed by atoms with Crippen LogP contribution in [0.25, 0.3) is 0 Å². The normalized spacial score (nSPS) is 11.2. The van der Waals surface area contributed by atoms with E-state index in [9.17, 15) is 4.79 Å². The molecule has 1 N–H and O–H groups in total. The smallest absolute Gasteiger partial charge is 0.277 e. The fraction of sp³-hybridized carbons (Fsp3) is 0.300. The molecule has 0 bridgehead atoms. The van der Waals surface area contributed by atoms with E-state index in [0.717, 1.165) is 29.0 Å². The molecular weight excluding hydrogens is 636 g/mol. The van der Waals surface area contributed by atoms with Crippen LogP contribution in [0.15, 0.2) is 41.2 Å². The second-order valence-electron chi connectivity index (χ2n) is 6.46. The first kappa shape index (κ1) is 24.4. The van der Waals surface area contributed by atoms with Gasteiger partial charge in [-0.1, -0.05) is 45.7 Å². The summed E-state index contributed by atoms with van der Waals surface area (Å²) in [5.74, 6) is 1.16. The first-order valence-corrected chi connectivity index (χ1v) is 11.8. The molecular formula is C20H20Br4N2O3. The fourth-order valence-corrected chi connectivity index (χ4v) is 5.21. The largest absolute Gasteiger partial charge is 0.495 e. The van der Waals surface area contributed by atoms with Gasteiger partial charge in [-0.3, -0.25) is 4.79 Å². The molecule has 5 nitrogen and oxygen atoms in total. The maximum Gasteiger partial charge on any atom is 0.277 e. The standard InChI is InChI=1S/C20H20Br4N2O3/c1-10(2)14-7-15(22)11(3)18(24)20(14)29-9-17(27)26-25-8-12-5-13(21)6-16(23)19(12)28-4/h5-8,10H,9H2,1-4H3,(H,26,27)/b25-8+. The van der Waals surface area contributed by atoms with E-state index in [1.807, 2.05) is 25.1 Å². The molecule has 0 saturated heterocycles. The molecule has 0 atom stereocenters. The fourth-order valence-electron chi connectivity index (χ4n) is 2.52. The monoisotopic (exact) mass is 652 g/mol. The van der Waals surface area contributed by atoms with Crippen LogP contribution >= 0.6 is 63.7 Å². The zero-order valence-corrected chi connectivity index (χ0v) is 22.6. The van der Waals surface area contributed by atoms with Gasteiger partial charge >= 0.3 is 0 Å². The molecule has 2 rings (SSSR count). The van der Waals surface area contributed by atoms with E-state index >= 15 is 0 Å². The van der Waals surface area contributed by atoms with Crippen molar-refractivity contribution in [3.63, 3.8) is 0 Å². The Kier molecular flexibility index (Phi) is 9.18. The van der Waals surface area contributed by atoms with Crippen molar-refractivity contribution >= 4 is 75.8 Å². The number of nitrogens with one attached hydrogen (secondary N) is 1. The molecule has 156 valence electrons. The second kappa shape index (κ2) is 10.9. The minimum Gasteiger partial charge on any atom is -0.495 e. The molecule has 0 radical (unpaired) electrons. The van der Waals surface area contributed by atoms with Gasteiger partial charge in [-0.15, -0.1) is 0 Å². The summed E-state index contributed by atoms with van der Waals surface area (Å²) in [6, 6.07) is 5.73. The van der Waals surface area contributed by atoms with E-state index in [4.69, 9.17) is 9.47 Å². The molecule has 0 aliphatic heterocycles. The number of carbonyl (C=O) groups excluding carboxylic acids is 1. The lowest BCUT2D eigenvalue weighted by molar-refractivity contribution is -0.123. The summed E-state index contributed by atoms with van der Waals surface area (Å²) < 4.78 is 14.6. The first-order valence-electron chi connectivity index (χ1n) is 8.61. The minimum absolute atomic E-state index is 0.157. The van der Waals surface area contributed by atoms with Crippen molar-refractivity contribution in [3.8, 4) is 11.5 Å². The molecule has 0 fully saturated rings. The quantitative estimate of drug-likeness (QED) is 0.267. The van der Waals surface area contributed by atoms with Crippen molar-refractivity contribution in [2.45, 2.75) is 26.7 Å². The van der Waals surface area contributed by atoms with E-state index in [0.29, 0.717) is 17.1 Å². The number of nitrogens with zero attached hydrogens (tertiary/aromatic N) is 1. The van der Waals surface area contributed by atoms with Crippen LogP contribution in [0, 0.1) is 6.92 Å². The van der Waals surface area contributed by atoms with Crippen molar-refractivity contribution < 1.29 is 14.3 Å². The maximum absolute atomic E-state index is 12.2. The molecule has 0 heterocycles. The van der Waals surface area contributed by atoms with Crippen LogP contribution in [0.1, 0.15) is 36.5 Å². The van der Waals surface area contributed by atoms with Gasteiger partial charge in [-0.2, -0.15) is 5.10 Å². The zero-order valence-electron chi connectivity index (χ0n) is 16.3. The lowest BCUT2D eigenvalue weighted by atomic mass is 10.0. The van der Waals surface area contributed by atoms with Crippen molar-refractivity contribution in [1.29, 1.82) is 0 Å². The summed E-state index contributed by atoms with van der Waals surface area (Å²) in [6.07, 6.45) is 1.52. The third kappa shape index (κ3) is 6.29. The number of halogens is 4. The Labute approximate surface area is 204 Å². The van der Waals surface area contributed by atoms with E-state index in [-0.39, 0.29) is 18.4 Å². The van der Waals surface area contributed by atoms with Crippen LogP contribution in [-0.4, -0.2) is 25.8 Å². The minimum atomic E-state index is -0.364. The van der Waals surface area contributed by atoms with Gasteiger partial charge in [0, 0.05) is 14.5 Å². The summed E-state index contributed by atoms with van der Waals surface area (Å²) in [5.41, 5.74) is 5.21. The number of carbonyl (C=O) groups is 1. The van der Waals surface area contributed by atoms with Gasteiger partial charge in [0.15, 0.2) is 6.61 Å². The SMILES string of the molecule is COc1c(Br)cc(Br)cc1/C=N/NC(=O)COc1c(C(C)C)cc(Br)c(C)c1Br. The number of hydrogen-bond acceptors (Lipinski definition) is 4. The highest BCUT2D eigenvalue weighted by Crippen LogP contribution is 2.40. The Morgan fingerprint density at radius 3 is 2.45 bits per heavy atom. The second-order valence-corrected chi connectivity index (χ2v) is 9.88. The van der Waals surface area contributed by atoms with Gasteiger partial charge in [-0.25, -0.2) is 5.43 Å². The number of benzene rings is 2.